The Hall–Kier alpha value is -2.98. The molecule has 1 saturated heterocycles. The van der Waals surface area contributed by atoms with E-state index in [1.807, 2.05) is 6.92 Å². The third-order valence-corrected chi connectivity index (χ3v) is 5.74. The van der Waals surface area contributed by atoms with Crippen molar-refractivity contribution < 1.29 is 37.3 Å². The molecule has 182 valence electrons. The molecule has 1 amide bonds. The zero-order valence-electron chi connectivity index (χ0n) is 18.5. The van der Waals surface area contributed by atoms with E-state index >= 15 is 0 Å². The van der Waals surface area contributed by atoms with Crippen LogP contribution in [0.25, 0.3) is 0 Å². The van der Waals surface area contributed by atoms with Crippen molar-refractivity contribution in [1.82, 2.24) is 4.90 Å². The van der Waals surface area contributed by atoms with Gasteiger partial charge >= 0.3 is 18.2 Å². The van der Waals surface area contributed by atoms with E-state index in [4.69, 9.17) is 14.6 Å². The first kappa shape index (κ1) is 24.7. The van der Waals surface area contributed by atoms with Crippen molar-refractivity contribution in [2.24, 2.45) is 16.9 Å². The topological polar surface area (TPSA) is 91.7 Å². The van der Waals surface area contributed by atoms with Crippen molar-refractivity contribution in [3.63, 3.8) is 0 Å². The van der Waals surface area contributed by atoms with Gasteiger partial charge in [0.2, 0.25) is 0 Å². The third kappa shape index (κ3) is 6.08. The second-order valence-corrected chi connectivity index (χ2v) is 8.33. The Morgan fingerprint density at radius 1 is 1.21 bits per heavy atom. The quantitative estimate of drug-likeness (QED) is 0.544. The van der Waals surface area contributed by atoms with Gasteiger partial charge < -0.3 is 19.5 Å². The van der Waals surface area contributed by atoms with E-state index in [-0.39, 0.29) is 12.0 Å². The number of rotatable bonds is 9. The van der Waals surface area contributed by atoms with Gasteiger partial charge in [0.25, 0.3) is 0 Å². The van der Waals surface area contributed by atoms with Crippen molar-refractivity contribution in [2.45, 2.75) is 45.3 Å². The van der Waals surface area contributed by atoms with E-state index in [9.17, 15) is 22.8 Å². The highest BCUT2D eigenvalue weighted by Gasteiger charge is 2.48. The Bertz CT molecular complexity index is 869. The molecule has 33 heavy (non-hydrogen) atoms. The van der Waals surface area contributed by atoms with Crippen LogP contribution >= 0.6 is 0 Å². The van der Waals surface area contributed by atoms with Crippen LogP contribution in [0.15, 0.2) is 29.4 Å². The number of carboxylic acid groups (broad SMARTS) is 1. The lowest BCUT2D eigenvalue weighted by molar-refractivity contribution is -0.137. The van der Waals surface area contributed by atoms with E-state index in [0.717, 1.165) is 17.9 Å². The number of hydrazone groups is 1. The van der Waals surface area contributed by atoms with E-state index in [2.05, 4.69) is 5.10 Å². The number of hydrogen-bond donors (Lipinski definition) is 1. The highest BCUT2D eigenvalue weighted by atomic mass is 19.4. The summed E-state index contributed by atoms with van der Waals surface area (Å²) in [6.07, 6.45) is -3.64. The van der Waals surface area contributed by atoms with Gasteiger partial charge in [-0.25, -0.2) is 4.79 Å². The lowest BCUT2D eigenvalue weighted by atomic mass is 9.94. The van der Waals surface area contributed by atoms with Gasteiger partial charge in [0, 0.05) is 24.9 Å². The van der Waals surface area contributed by atoms with Crippen LogP contribution in [0.4, 0.5) is 23.7 Å². The largest absolute Gasteiger partial charge is 0.493 e. The number of nitrogens with zero attached hydrogens (tertiary/aromatic N) is 3. The van der Waals surface area contributed by atoms with Gasteiger partial charge in [-0.2, -0.15) is 18.3 Å². The van der Waals surface area contributed by atoms with Gasteiger partial charge in [-0.05, 0) is 30.7 Å². The first-order valence-electron chi connectivity index (χ1n) is 10.9. The van der Waals surface area contributed by atoms with Crippen molar-refractivity contribution in [1.29, 1.82) is 0 Å². The van der Waals surface area contributed by atoms with Crippen LogP contribution in [-0.4, -0.2) is 66.3 Å². The number of ether oxygens (including phenoxy) is 2. The molecule has 1 aromatic rings. The van der Waals surface area contributed by atoms with E-state index < -0.39 is 36.2 Å². The van der Waals surface area contributed by atoms with Gasteiger partial charge in [-0.15, -0.1) is 0 Å². The Morgan fingerprint density at radius 3 is 2.45 bits per heavy atom. The number of likely N-dealkylation sites (tertiary alicyclic amines) is 1. The Kier molecular flexibility index (Phi) is 7.70. The van der Waals surface area contributed by atoms with Crippen molar-refractivity contribution in [2.75, 3.05) is 31.3 Å². The van der Waals surface area contributed by atoms with Crippen molar-refractivity contribution in [3.05, 3.63) is 24.3 Å². The van der Waals surface area contributed by atoms with E-state index in [0.29, 0.717) is 37.7 Å². The van der Waals surface area contributed by atoms with Gasteiger partial charge in [0.15, 0.2) is 0 Å². The van der Waals surface area contributed by atoms with Crippen LogP contribution in [0.1, 0.15) is 33.1 Å². The second-order valence-electron chi connectivity index (χ2n) is 8.33. The number of amides is 1. The molecule has 3 rings (SSSR count). The summed E-state index contributed by atoms with van der Waals surface area (Å²) in [5, 5.41) is 14.0. The molecule has 0 saturated carbocycles. The van der Waals surface area contributed by atoms with E-state index in [1.165, 1.54) is 6.92 Å². The summed E-state index contributed by atoms with van der Waals surface area (Å²) in [6, 6.07) is 5.38. The summed E-state index contributed by atoms with van der Waals surface area (Å²) in [4.78, 5) is 24.6. The summed E-state index contributed by atoms with van der Waals surface area (Å²) in [5.74, 6) is -1.59. The summed E-state index contributed by atoms with van der Waals surface area (Å²) in [7, 11) is 0. The maximum Gasteiger partial charge on any atom is 0.431 e. The molecule has 1 aromatic carbocycles. The number of unbranched alkanes of at least 4 members (excludes halogenated alkanes) is 1. The molecule has 0 aromatic heterocycles. The normalized spacial score (nSPS) is 20.9. The van der Waals surface area contributed by atoms with Crippen LogP contribution < -0.4 is 9.75 Å². The summed E-state index contributed by atoms with van der Waals surface area (Å²) in [5.41, 5.74) is -0.638. The molecule has 0 spiro atoms. The maximum atomic E-state index is 13.3. The number of benzene rings is 1. The Balaban J connectivity index is 1.55. The number of alkyl halides is 3. The Labute approximate surface area is 189 Å². The van der Waals surface area contributed by atoms with Crippen LogP contribution in [0.2, 0.25) is 0 Å². The average Bonchev–Trinajstić information content (AvgIpc) is 3.03. The van der Waals surface area contributed by atoms with E-state index in [1.54, 1.807) is 29.2 Å². The predicted octanol–water partition coefficient (Wildman–Crippen LogP) is 4.15. The molecule has 2 aliphatic heterocycles. The molecule has 0 bridgehead atoms. The molecule has 0 unspecified atom stereocenters. The lowest BCUT2D eigenvalue weighted by Crippen LogP contribution is -2.52. The summed E-state index contributed by atoms with van der Waals surface area (Å²) in [6.45, 7) is 5.23. The van der Waals surface area contributed by atoms with Crippen LogP contribution in [0.3, 0.4) is 0 Å². The molecule has 2 aliphatic rings. The minimum atomic E-state index is -4.63. The second kappa shape index (κ2) is 10.3. The fraction of sp³-hybridized carbons (Fsp3) is 0.591. The molecule has 2 atom stereocenters. The van der Waals surface area contributed by atoms with Crippen LogP contribution in [0.5, 0.6) is 5.75 Å². The lowest BCUT2D eigenvalue weighted by Gasteiger charge is -2.38. The maximum absolute atomic E-state index is 13.3. The number of hydrogen-bond acceptors (Lipinski definition) is 6. The smallest absolute Gasteiger partial charge is 0.431 e. The number of anilines is 1. The predicted molar refractivity (Wildman–Crippen MR) is 114 cm³/mol. The standard InChI is InChI=1S/C22H28F3N3O5/c1-3-4-9-32-21(31)27-11-15(12-27)13-33-17-7-5-16(6-8-17)28-18(10-19(29)30)14(2)20(26-28)22(23,24)25/h5-8,14-15,18H,3-4,9-13H2,1-2H3,(H,29,30)/t14-,18-/m0/s1. The summed E-state index contributed by atoms with van der Waals surface area (Å²) >= 11 is 0. The molecular weight excluding hydrogens is 443 g/mol. The molecule has 1 N–H and O–H groups in total. The number of carboxylic acids is 1. The number of carbonyl (C=O) groups is 2. The van der Waals surface area contributed by atoms with Gasteiger partial charge in [-0.1, -0.05) is 20.3 Å². The van der Waals surface area contributed by atoms with Gasteiger partial charge in [0.05, 0.1) is 31.4 Å². The molecule has 8 nitrogen and oxygen atoms in total. The molecule has 2 heterocycles. The molecule has 11 heteroatoms. The van der Waals surface area contributed by atoms with Crippen LogP contribution in [-0.2, 0) is 9.53 Å². The molecule has 0 radical (unpaired) electrons. The zero-order valence-corrected chi connectivity index (χ0v) is 18.5. The average molecular weight is 471 g/mol. The monoisotopic (exact) mass is 471 g/mol. The minimum absolute atomic E-state index is 0.168. The van der Waals surface area contributed by atoms with Gasteiger partial charge in [-0.3, -0.25) is 9.80 Å². The van der Waals surface area contributed by atoms with Crippen molar-refractivity contribution in [3.8, 4) is 5.75 Å². The number of carbonyl (C=O) groups excluding carboxylic acids is 1. The van der Waals surface area contributed by atoms with Crippen molar-refractivity contribution >= 4 is 23.5 Å². The van der Waals surface area contributed by atoms with Crippen LogP contribution in [0, 0.1) is 11.8 Å². The molecular formula is C22H28F3N3O5. The zero-order chi connectivity index (χ0) is 24.2. The third-order valence-electron chi connectivity index (χ3n) is 5.74. The fourth-order valence-corrected chi connectivity index (χ4v) is 3.81. The highest BCUT2D eigenvalue weighted by Crippen LogP contribution is 2.36. The fourth-order valence-electron chi connectivity index (χ4n) is 3.81. The SMILES string of the molecule is CCCCOC(=O)N1CC(COc2ccc(N3N=C(C(F)(F)F)[C@@H](C)[C@@H]3CC(=O)O)cc2)C1. The molecule has 1 fully saturated rings. The number of halogens is 3. The first-order chi connectivity index (χ1) is 15.6. The van der Waals surface area contributed by atoms with Gasteiger partial charge in [0.1, 0.15) is 11.5 Å². The Morgan fingerprint density at radius 2 is 1.88 bits per heavy atom. The highest BCUT2D eigenvalue weighted by molar-refractivity contribution is 5.95. The molecule has 0 aliphatic carbocycles. The first-order valence-corrected chi connectivity index (χ1v) is 10.9. The minimum Gasteiger partial charge on any atom is -0.493 e. The summed E-state index contributed by atoms with van der Waals surface area (Å²) < 4.78 is 50.8. The number of aliphatic carboxylic acids is 1.